The number of carbonyl (C=O) groups is 5. The number of amides is 4. The monoisotopic (exact) mass is 510 g/mol. The molecular weight excluding hydrogens is 492 g/mol. The van der Waals surface area contributed by atoms with Crippen LogP contribution in [-0.2, 0) is 19.2 Å². The van der Waals surface area contributed by atoms with Crippen LogP contribution in [-0.4, -0.2) is 39.4 Å². The number of phenolic OH excluding ortho intramolecular Hbond substituents is 1. The minimum absolute atomic E-state index is 0.0976. The fraction of sp³-hybridized carbons (Fsp3) is 0.292. The Kier molecular flexibility index (Phi) is 4.79. The fourth-order valence-corrected chi connectivity index (χ4v) is 6.11. The lowest BCUT2D eigenvalue weighted by Crippen LogP contribution is -2.42. The Balaban J connectivity index is 1.70. The lowest BCUT2D eigenvalue weighted by molar-refractivity contribution is -0.136. The predicted octanol–water partition coefficient (Wildman–Crippen LogP) is 2.54. The van der Waals surface area contributed by atoms with Crippen molar-refractivity contribution in [2.24, 2.45) is 23.5 Å². The maximum absolute atomic E-state index is 13.1. The summed E-state index contributed by atoms with van der Waals surface area (Å²) in [5.74, 6) is -4.57. The summed E-state index contributed by atoms with van der Waals surface area (Å²) >= 11 is 3.17. The van der Waals surface area contributed by atoms with Gasteiger partial charge in [-0.05, 0) is 58.8 Å². The van der Waals surface area contributed by atoms with Gasteiger partial charge in [-0.25, -0.2) is 4.79 Å². The third kappa shape index (κ3) is 2.98. The van der Waals surface area contributed by atoms with Crippen LogP contribution in [0.15, 0.2) is 51.6 Å². The molecule has 168 valence electrons. The number of primary amides is 1. The van der Waals surface area contributed by atoms with Gasteiger partial charge in [0.2, 0.25) is 11.8 Å². The summed E-state index contributed by atoms with van der Waals surface area (Å²) < 4.78 is 0.138. The second-order valence-corrected chi connectivity index (χ2v) is 9.64. The van der Waals surface area contributed by atoms with E-state index in [-0.39, 0.29) is 34.6 Å². The summed E-state index contributed by atoms with van der Waals surface area (Å²) in [5, 5.41) is 10.0. The molecule has 0 radical (unpaired) electrons. The average molecular weight is 511 g/mol. The largest absolute Gasteiger partial charge is 0.508 e. The van der Waals surface area contributed by atoms with Crippen LogP contribution in [0.4, 0.5) is 4.79 Å². The first-order valence-electron chi connectivity index (χ1n) is 10.5. The number of imide groups is 3. The molecular formula is C24H19BrN2O6. The molecule has 1 heterocycles. The van der Waals surface area contributed by atoms with Crippen molar-refractivity contribution in [2.75, 3.05) is 0 Å². The zero-order chi connectivity index (χ0) is 23.8. The van der Waals surface area contributed by atoms with Gasteiger partial charge in [0, 0.05) is 23.1 Å². The highest BCUT2D eigenvalue weighted by Gasteiger charge is 2.57. The average Bonchev–Trinajstić information content (AvgIpc) is 3.03. The van der Waals surface area contributed by atoms with Gasteiger partial charge in [-0.2, -0.15) is 4.90 Å². The number of nitrogens with zero attached hydrogens (tertiary/aromatic N) is 1. The van der Waals surface area contributed by atoms with E-state index in [1.807, 2.05) is 6.08 Å². The second-order valence-electron chi connectivity index (χ2n) is 8.79. The number of fused-ring (bicyclic) bond motifs is 3. The van der Waals surface area contributed by atoms with Crippen molar-refractivity contribution in [2.45, 2.75) is 25.7 Å². The van der Waals surface area contributed by atoms with E-state index >= 15 is 0 Å². The van der Waals surface area contributed by atoms with E-state index in [2.05, 4.69) is 15.9 Å². The lowest BCUT2D eigenvalue weighted by Gasteiger charge is -2.42. The van der Waals surface area contributed by atoms with Crippen molar-refractivity contribution in [1.29, 1.82) is 0 Å². The van der Waals surface area contributed by atoms with Crippen LogP contribution in [0.1, 0.15) is 29.9 Å². The molecule has 0 spiro atoms. The summed E-state index contributed by atoms with van der Waals surface area (Å²) in [6.45, 7) is 1.73. The molecule has 4 unspecified atom stereocenters. The molecule has 0 saturated carbocycles. The maximum atomic E-state index is 13.1. The van der Waals surface area contributed by atoms with Gasteiger partial charge in [0.15, 0.2) is 11.6 Å². The van der Waals surface area contributed by atoms with Crippen molar-refractivity contribution in [3.05, 3.63) is 62.7 Å². The molecule has 3 aliphatic carbocycles. The number of hydrogen-bond acceptors (Lipinski definition) is 6. The predicted molar refractivity (Wildman–Crippen MR) is 119 cm³/mol. The molecule has 4 aliphatic rings. The molecule has 1 saturated heterocycles. The van der Waals surface area contributed by atoms with Crippen molar-refractivity contribution >= 4 is 45.3 Å². The van der Waals surface area contributed by atoms with E-state index < -0.39 is 41.5 Å². The smallest absolute Gasteiger partial charge is 0.328 e. The van der Waals surface area contributed by atoms with E-state index in [0.717, 1.165) is 5.57 Å². The zero-order valence-corrected chi connectivity index (χ0v) is 19.1. The Hall–Kier alpha value is -3.33. The number of ketones is 2. The fourth-order valence-electron chi connectivity index (χ4n) is 5.66. The van der Waals surface area contributed by atoms with Gasteiger partial charge in [-0.1, -0.05) is 23.8 Å². The summed E-state index contributed by atoms with van der Waals surface area (Å²) in [5.41, 5.74) is 8.00. The first-order chi connectivity index (χ1) is 15.6. The molecule has 4 atom stereocenters. The Bertz CT molecular complexity index is 1290. The highest BCUT2D eigenvalue weighted by molar-refractivity contribution is 9.12. The van der Waals surface area contributed by atoms with Crippen molar-refractivity contribution in [3.8, 4) is 5.75 Å². The minimum Gasteiger partial charge on any atom is -0.508 e. The maximum Gasteiger partial charge on any atom is 0.328 e. The van der Waals surface area contributed by atoms with E-state index in [0.29, 0.717) is 27.2 Å². The number of rotatable bonds is 1. The van der Waals surface area contributed by atoms with Crippen LogP contribution in [0.5, 0.6) is 5.75 Å². The van der Waals surface area contributed by atoms with Gasteiger partial charge in [0.05, 0.1) is 16.3 Å². The van der Waals surface area contributed by atoms with Crippen molar-refractivity contribution in [3.63, 3.8) is 0 Å². The Morgan fingerprint density at radius 2 is 1.88 bits per heavy atom. The van der Waals surface area contributed by atoms with Gasteiger partial charge in [0.1, 0.15) is 5.75 Å². The van der Waals surface area contributed by atoms with E-state index in [1.165, 1.54) is 12.1 Å². The highest BCUT2D eigenvalue weighted by atomic mass is 79.9. The number of Topliss-reactive ketones (excluding diaryl/α,β-unsaturated/α-hetero) is 1. The molecule has 4 amide bonds. The van der Waals surface area contributed by atoms with E-state index in [1.54, 1.807) is 19.1 Å². The zero-order valence-electron chi connectivity index (χ0n) is 17.5. The molecule has 0 bridgehead atoms. The van der Waals surface area contributed by atoms with Crippen LogP contribution in [0.3, 0.4) is 0 Å². The molecule has 9 heteroatoms. The summed E-state index contributed by atoms with van der Waals surface area (Å²) in [7, 11) is 0. The number of urea groups is 1. The van der Waals surface area contributed by atoms with Crippen LogP contribution >= 0.6 is 15.9 Å². The standard InChI is InChI=1S/C24H19BrN2O6/c1-9-6-10(2-5-16(9)28)18-11-3-4-12-19(23(32)27(22(12)31)24(26)33)13(11)7-14-20(18)17(29)8-15(25)21(14)30/h2-3,5-6,8,12-13,18-19,28H,4,7H2,1H3,(H2,26,33). The quantitative estimate of drug-likeness (QED) is 0.338. The Labute approximate surface area is 196 Å². The SMILES string of the molecule is Cc1cc(C2C3=CCC4C(=O)N(C(N)=O)C(=O)C4C3CC3=C2C(=O)C=C(Br)C3=O)ccc1O. The number of likely N-dealkylation sites (tertiary alicyclic amines) is 1. The lowest BCUT2D eigenvalue weighted by atomic mass is 9.59. The number of hydrogen-bond donors (Lipinski definition) is 2. The number of aryl methyl sites for hydroxylation is 1. The van der Waals surface area contributed by atoms with Crippen molar-refractivity contribution in [1.82, 2.24) is 4.90 Å². The molecule has 5 rings (SSSR count). The first-order valence-corrected chi connectivity index (χ1v) is 11.3. The number of allylic oxidation sites excluding steroid dienone is 6. The number of aromatic hydroxyl groups is 1. The summed E-state index contributed by atoms with van der Waals surface area (Å²) in [6, 6.07) is 3.86. The second kappa shape index (κ2) is 7.34. The van der Waals surface area contributed by atoms with Crippen LogP contribution in [0.2, 0.25) is 0 Å². The first kappa shape index (κ1) is 21.5. The van der Waals surface area contributed by atoms with E-state index in [4.69, 9.17) is 5.73 Å². The summed E-state index contributed by atoms with van der Waals surface area (Å²) in [6.07, 6.45) is 3.44. The molecule has 33 heavy (non-hydrogen) atoms. The van der Waals surface area contributed by atoms with E-state index in [9.17, 15) is 29.1 Å². The van der Waals surface area contributed by atoms with Gasteiger partial charge in [0.25, 0.3) is 0 Å². The summed E-state index contributed by atoms with van der Waals surface area (Å²) in [4.78, 5) is 64.3. The van der Waals surface area contributed by atoms with Gasteiger partial charge >= 0.3 is 6.03 Å². The normalized spacial score (nSPS) is 28.8. The third-order valence-corrected chi connectivity index (χ3v) is 7.69. The number of benzene rings is 1. The number of halogens is 1. The highest BCUT2D eigenvalue weighted by Crippen LogP contribution is 2.55. The minimum atomic E-state index is -1.11. The number of carbonyl (C=O) groups excluding carboxylic acids is 5. The topological polar surface area (TPSA) is 135 Å². The third-order valence-electron chi connectivity index (χ3n) is 7.11. The van der Waals surface area contributed by atoms with Crippen LogP contribution in [0.25, 0.3) is 0 Å². The molecule has 0 aromatic heterocycles. The molecule has 1 aliphatic heterocycles. The number of nitrogens with two attached hydrogens (primary N) is 1. The molecule has 1 aromatic rings. The van der Waals surface area contributed by atoms with Gasteiger partial charge in [-0.15, -0.1) is 0 Å². The molecule has 1 aromatic carbocycles. The van der Waals surface area contributed by atoms with Crippen LogP contribution in [0, 0.1) is 24.7 Å². The molecule has 3 N–H and O–H groups in total. The van der Waals surface area contributed by atoms with Gasteiger partial charge < -0.3 is 10.8 Å². The molecule has 8 nitrogen and oxygen atoms in total. The Morgan fingerprint density at radius 1 is 1.15 bits per heavy atom. The Morgan fingerprint density at radius 3 is 2.55 bits per heavy atom. The van der Waals surface area contributed by atoms with Crippen molar-refractivity contribution < 1.29 is 29.1 Å². The molecule has 1 fully saturated rings. The number of phenols is 1. The van der Waals surface area contributed by atoms with Crippen LogP contribution < -0.4 is 5.73 Å². The van der Waals surface area contributed by atoms with Gasteiger partial charge in [-0.3, -0.25) is 19.2 Å².